The number of carbonyl (C=O) groups excluding carboxylic acids is 3. The fraction of sp³-hybridized carbons (Fsp3) is 0.522. The van der Waals surface area contributed by atoms with E-state index < -0.39 is 35.3 Å². The van der Waals surface area contributed by atoms with Crippen LogP contribution in [0.2, 0.25) is 0 Å². The second kappa shape index (κ2) is 11.9. The molecule has 12 heteroatoms. The monoisotopic (exact) mass is 507 g/mol. The van der Waals surface area contributed by atoms with Gasteiger partial charge in [-0.15, -0.1) is 11.3 Å². The third-order valence-corrected chi connectivity index (χ3v) is 4.87. The standard InChI is InChI=1S/C23H33N5O6S/c1-8-15(26-20(30)33-22(2,3)4)18(29)27-17-11-9-10-16(25-17)19-24-14(13-35-19)12-32-28-21(31)34-23(5,6)7/h9-11,13,15H,8,12H2,1-7H3,(H,26,30)(H,28,31)(H,25,27,29). The Morgan fingerprint density at radius 1 is 1.00 bits per heavy atom. The number of thiazole rings is 1. The van der Waals surface area contributed by atoms with Gasteiger partial charge in [-0.25, -0.2) is 19.6 Å². The van der Waals surface area contributed by atoms with Crippen LogP contribution in [0.4, 0.5) is 15.4 Å². The first-order chi connectivity index (χ1) is 16.3. The molecule has 11 nitrogen and oxygen atoms in total. The van der Waals surface area contributed by atoms with Crippen molar-refractivity contribution in [3.63, 3.8) is 0 Å². The molecule has 3 amide bonds. The van der Waals surface area contributed by atoms with Crippen LogP contribution in [0.15, 0.2) is 23.6 Å². The predicted molar refractivity (Wildman–Crippen MR) is 132 cm³/mol. The fourth-order valence-corrected chi connectivity index (χ4v) is 3.37. The van der Waals surface area contributed by atoms with E-state index in [0.29, 0.717) is 28.6 Å². The van der Waals surface area contributed by atoms with Gasteiger partial charge in [0.05, 0.1) is 5.69 Å². The van der Waals surface area contributed by atoms with Crippen LogP contribution >= 0.6 is 11.3 Å². The molecule has 0 spiro atoms. The van der Waals surface area contributed by atoms with Gasteiger partial charge in [-0.3, -0.25) is 9.63 Å². The number of hydrogen-bond acceptors (Lipinski definition) is 9. The van der Waals surface area contributed by atoms with Crippen molar-refractivity contribution in [1.29, 1.82) is 0 Å². The lowest BCUT2D eigenvalue weighted by Gasteiger charge is -2.22. The average molecular weight is 508 g/mol. The number of aromatic nitrogens is 2. The van der Waals surface area contributed by atoms with Crippen molar-refractivity contribution in [3.05, 3.63) is 29.3 Å². The summed E-state index contributed by atoms with van der Waals surface area (Å²) in [6.45, 7) is 12.3. The Morgan fingerprint density at radius 3 is 2.29 bits per heavy atom. The van der Waals surface area contributed by atoms with Gasteiger partial charge in [0.2, 0.25) is 5.91 Å². The van der Waals surface area contributed by atoms with E-state index in [4.69, 9.17) is 14.3 Å². The Morgan fingerprint density at radius 2 is 1.66 bits per heavy atom. The Hall–Kier alpha value is -3.25. The van der Waals surface area contributed by atoms with Crippen molar-refractivity contribution in [2.45, 2.75) is 78.7 Å². The van der Waals surface area contributed by atoms with Crippen molar-refractivity contribution in [2.75, 3.05) is 5.32 Å². The molecule has 2 rings (SSSR count). The van der Waals surface area contributed by atoms with E-state index in [1.165, 1.54) is 11.3 Å². The lowest BCUT2D eigenvalue weighted by Crippen LogP contribution is -2.45. The normalized spacial score (nSPS) is 12.4. The number of hydrogen-bond donors (Lipinski definition) is 3. The van der Waals surface area contributed by atoms with Crippen LogP contribution in [0.3, 0.4) is 0 Å². The molecule has 1 atom stereocenters. The Kier molecular flexibility index (Phi) is 9.55. The Bertz CT molecular complexity index is 1030. The van der Waals surface area contributed by atoms with Crippen LogP contribution in [0.25, 0.3) is 10.7 Å². The van der Waals surface area contributed by atoms with Crippen LogP contribution < -0.4 is 16.1 Å². The summed E-state index contributed by atoms with van der Waals surface area (Å²) >= 11 is 1.34. The van der Waals surface area contributed by atoms with Gasteiger partial charge in [0.25, 0.3) is 0 Å². The summed E-state index contributed by atoms with van der Waals surface area (Å²) in [4.78, 5) is 50.4. The van der Waals surface area contributed by atoms with E-state index in [1.807, 2.05) is 0 Å². The topological polar surface area (TPSA) is 141 Å². The minimum absolute atomic E-state index is 0.0423. The summed E-state index contributed by atoms with van der Waals surface area (Å²) in [7, 11) is 0. The van der Waals surface area contributed by atoms with Gasteiger partial charge in [-0.2, -0.15) is 5.48 Å². The first-order valence-corrected chi connectivity index (χ1v) is 12.0. The fourth-order valence-electron chi connectivity index (χ4n) is 2.60. The number of pyridine rings is 1. The van der Waals surface area contributed by atoms with E-state index in [0.717, 1.165) is 0 Å². The second-order valence-corrected chi connectivity index (χ2v) is 10.4. The minimum Gasteiger partial charge on any atom is -0.444 e. The van der Waals surface area contributed by atoms with E-state index in [2.05, 4.69) is 26.1 Å². The summed E-state index contributed by atoms with van der Waals surface area (Å²) in [6.07, 6.45) is -0.984. The SMILES string of the molecule is CCC(NC(=O)OC(C)(C)C)C(=O)Nc1cccc(-c2nc(CONC(=O)OC(C)(C)C)cs2)n1. The molecule has 2 heterocycles. The highest BCUT2D eigenvalue weighted by Crippen LogP contribution is 2.23. The van der Waals surface area contributed by atoms with Gasteiger partial charge in [0.1, 0.15) is 40.4 Å². The molecule has 3 N–H and O–H groups in total. The van der Waals surface area contributed by atoms with Gasteiger partial charge in [-0.1, -0.05) is 13.0 Å². The maximum atomic E-state index is 12.7. The van der Waals surface area contributed by atoms with Crippen molar-refractivity contribution in [3.8, 4) is 10.7 Å². The molecule has 0 aliphatic carbocycles. The molecule has 0 aromatic carbocycles. The average Bonchev–Trinajstić information content (AvgIpc) is 3.18. The summed E-state index contributed by atoms with van der Waals surface area (Å²) in [5.74, 6) is -0.0963. The molecule has 0 fully saturated rings. The summed E-state index contributed by atoms with van der Waals surface area (Å²) in [6, 6.07) is 4.36. The predicted octanol–water partition coefficient (Wildman–Crippen LogP) is 4.40. The third kappa shape index (κ3) is 10.3. The van der Waals surface area contributed by atoms with Crippen molar-refractivity contribution < 1.29 is 28.7 Å². The quantitative estimate of drug-likeness (QED) is 0.447. The highest BCUT2D eigenvalue weighted by atomic mass is 32.1. The maximum Gasteiger partial charge on any atom is 0.431 e. The molecule has 0 saturated carbocycles. The molecule has 0 saturated heterocycles. The first-order valence-electron chi connectivity index (χ1n) is 11.1. The lowest BCUT2D eigenvalue weighted by atomic mass is 10.2. The molecule has 2 aromatic heterocycles. The number of nitrogens with zero attached hydrogens (tertiary/aromatic N) is 2. The van der Waals surface area contributed by atoms with Crippen LogP contribution in [-0.4, -0.2) is 45.3 Å². The van der Waals surface area contributed by atoms with Gasteiger partial charge in [0, 0.05) is 5.38 Å². The van der Waals surface area contributed by atoms with Crippen molar-refractivity contribution >= 4 is 35.2 Å². The molecular weight excluding hydrogens is 474 g/mol. The van der Waals surface area contributed by atoms with E-state index in [9.17, 15) is 14.4 Å². The number of amides is 3. The molecule has 0 aliphatic heterocycles. The number of anilines is 1. The number of ether oxygens (including phenoxy) is 2. The molecular formula is C23H33N5O6S. The lowest BCUT2D eigenvalue weighted by molar-refractivity contribution is -0.118. The zero-order valence-electron chi connectivity index (χ0n) is 21.1. The largest absolute Gasteiger partial charge is 0.444 e. The molecule has 0 bridgehead atoms. The summed E-state index contributed by atoms with van der Waals surface area (Å²) < 4.78 is 10.3. The highest BCUT2D eigenvalue weighted by Gasteiger charge is 2.23. The number of carbonyl (C=O) groups is 3. The van der Waals surface area contributed by atoms with Crippen LogP contribution in [0.5, 0.6) is 0 Å². The number of nitrogens with one attached hydrogen (secondary N) is 3. The van der Waals surface area contributed by atoms with Crippen molar-refractivity contribution in [1.82, 2.24) is 20.8 Å². The smallest absolute Gasteiger partial charge is 0.431 e. The molecule has 1 unspecified atom stereocenters. The van der Waals surface area contributed by atoms with Crippen molar-refractivity contribution in [2.24, 2.45) is 0 Å². The maximum absolute atomic E-state index is 12.7. The molecule has 0 aliphatic rings. The zero-order valence-corrected chi connectivity index (χ0v) is 21.9. The second-order valence-electron chi connectivity index (χ2n) is 9.54. The summed E-state index contributed by atoms with van der Waals surface area (Å²) in [5.41, 5.74) is 2.05. The van der Waals surface area contributed by atoms with E-state index in [-0.39, 0.29) is 6.61 Å². The molecule has 0 radical (unpaired) electrons. The zero-order chi connectivity index (χ0) is 26.2. The van der Waals surface area contributed by atoms with Crippen LogP contribution in [0.1, 0.15) is 60.6 Å². The highest BCUT2D eigenvalue weighted by molar-refractivity contribution is 7.13. The van der Waals surface area contributed by atoms with Gasteiger partial charge < -0.3 is 20.1 Å². The summed E-state index contributed by atoms with van der Waals surface area (Å²) in [5, 5.41) is 7.66. The number of rotatable bonds is 8. The van der Waals surface area contributed by atoms with Crippen LogP contribution in [0, 0.1) is 0 Å². The van der Waals surface area contributed by atoms with Gasteiger partial charge >= 0.3 is 12.2 Å². The molecule has 35 heavy (non-hydrogen) atoms. The number of alkyl carbamates (subject to hydrolysis) is 1. The Labute approximate surface area is 208 Å². The van der Waals surface area contributed by atoms with E-state index >= 15 is 0 Å². The molecule has 2 aromatic rings. The minimum atomic E-state index is -0.781. The first kappa shape index (κ1) is 28.0. The van der Waals surface area contributed by atoms with E-state index in [1.54, 1.807) is 72.0 Å². The third-order valence-electron chi connectivity index (χ3n) is 3.96. The van der Waals surface area contributed by atoms with Crippen LogP contribution in [-0.2, 0) is 25.7 Å². The molecule has 192 valence electrons. The Balaban J connectivity index is 1.95. The van der Waals surface area contributed by atoms with Gasteiger partial charge in [0.15, 0.2) is 0 Å². The van der Waals surface area contributed by atoms with Gasteiger partial charge in [-0.05, 0) is 60.1 Å². The number of hydroxylamine groups is 1.